The minimum atomic E-state index is 0.237. The predicted octanol–water partition coefficient (Wildman–Crippen LogP) is 3.03. The molecular weight excluding hydrogens is 356 g/mol. The van der Waals surface area contributed by atoms with Gasteiger partial charge in [0.05, 0.1) is 22.9 Å². The first-order valence-corrected chi connectivity index (χ1v) is 10.1. The van der Waals surface area contributed by atoms with Gasteiger partial charge in [-0.2, -0.15) is 0 Å². The van der Waals surface area contributed by atoms with Gasteiger partial charge in [0, 0.05) is 49.7 Å². The molecule has 1 aliphatic heterocycles. The second-order valence-electron chi connectivity index (χ2n) is 7.28. The maximum Gasteiger partial charge on any atom is 0.152 e. The van der Waals surface area contributed by atoms with Gasteiger partial charge in [-0.15, -0.1) is 11.3 Å². The molecule has 0 atom stereocenters. The topological polar surface area (TPSA) is 49.3 Å². The number of pyridine rings is 1. The zero-order valence-corrected chi connectivity index (χ0v) is 16.6. The second kappa shape index (κ2) is 7.84. The van der Waals surface area contributed by atoms with Crippen molar-refractivity contribution in [3.05, 3.63) is 47.4 Å². The summed E-state index contributed by atoms with van der Waals surface area (Å²) in [6, 6.07) is 8.41. The van der Waals surface area contributed by atoms with Crippen molar-refractivity contribution in [2.24, 2.45) is 0 Å². The van der Waals surface area contributed by atoms with Crippen molar-refractivity contribution in [2.45, 2.75) is 13.3 Å². The molecule has 0 unspecified atom stereocenters. The molecule has 2 aromatic heterocycles. The molecule has 1 aromatic carbocycles. The van der Waals surface area contributed by atoms with Gasteiger partial charge in [0.25, 0.3) is 0 Å². The van der Waals surface area contributed by atoms with Crippen LogP contribution in [0, 0.1) is 6.92 Å². The van der Waals surface area contributed by atoms with Gasteiger partial charge in [0.2, 0.25) is 0 Å². The van der Waals surface area contributed by atoms with E-state index in [1.165, 1.54) is 4.88 Å². The number of Topliss-reactive ketones (excluding diaryl/α,β-unsaturated/α-hetero) is 1. The summed E-state index contributed by atoms with van der Waals surface area (Å²) in [7, 11) is 2.12. The summed E-state index contributed by atoms with van der Waals surface area (Å²) in [5, 5.41) is 3.28. The van der Waals surface area contributed by atoms with E-state index in [4.69, 9.17) is 0 Å². The Morgan fingerprint density at radius 1 is 1.07 bits per heavy atom. The highest BCUT2D eigenvalue weighted by Gasteiger charge is 2.17. The van der Waals surface area contributed by atoms with E-state index in [9.17, 15) is 4.79 Å². The van der Waals surface area contributed by atoms with Gasteiger partial charge in [-0.05, 0) is 37.1 Å². The Balaban J connectivity index is 1.48. The van der Waals surface area contributed by atoms with Crippen molar-refractivity contribution >= 4 is 27.9 Å². The number of likely N-dealkylation sites (N-methyl/N-ethyl adjacent to an activating group) is 1. The van der Waals surface area contributed by atoms with Crippen LogP contribution in [-0.2, 0) is 11.2 Å². The Kier molecular flexibility index (Phi) is 5.29. The lowest BCUT2D eigenvalue weighted by Gasteiger charge is -2.31. The number of fused-ring (bicyclic) bond motifs is 1. The summed E-state index contributed by atoms with van der Waals surface area (Å²) in [5.41, 5.74) is 2.01. The van der Waals surface area contributed by atoms with Crippen LogP contribution in [0.5, 0.6) is 0 Å². The van der Waals surface area contributed by atoms with E-state index in [2.05, 4.69) is 51.1 Å². The van der Waals surface area contributed by atoms with Gasteiger partial charge in [-0.3, -0.25) is 14.7 Å². The summed E-state index contributed by atoms with van der Waals surface area (Å²) in [6.07, 6.45) is 4.19. The van der Waals surface area contributed by atoms with E-state index in [0.717, 1.165) is 53.2 Å². The van der Waals surface area contributed by atoms with Gasteiger partial charge < -0.3 is 4.90 Å². The molecule has 6 heteroatoms. The van der Waals surface area contributed by atoms with Crippen LogP contribution in [0.15, 0.2) is 36.7 Å². The van der Waals surface area contributed by atoms with Crippen molar-refractivity contribution in [1.29, 1.82) is 0 Å². The molecule has 0 amide bonds. The lowest BCUT2D eigenvalue weighted by molar-refractivity contribution is -0.120. The van der Waals surface area contributed by atoms with Crippen molar-refractivity contribution in [3.8, 4) is 10.4 Å². The number of piperazine rings is 1. The average molecular weight is 381 g/mol. The Bertz CT molecular complexity index is 960. The number of hydrogen-bond acceptors (Lipinski definition) is 6. The van der Waals surface area contributed by atoms with E-state index in [1.807, 2.05) is 19.3 Å². The Morgan fingerprint density at radius 2 is 1.89 bits per heavy atom. The minimum absolute atomic E-state index is 0.237. The minimum Gasteiger partial charge on any atom is -0.304 e. The monoisotopic (exact) mass is 380 g/mol. The van der Waals surface area contributed by atoms with Crippen LogP contribution in [0.2, 0.25) is 0 Å². The number of aromatic nitrogens is 2. The van der Waals surface area contributed by atoms with Crippen LogP contribution < -0.4 is 0 Å². The zero-order valence-electron chi connectivity index (χ0n) is 15.8. The van der Waals surface area contributed by atoms with Gasteiger partial charge in [-0.25, -0.2) is 4.98 Å². The van der Waals surface area contributed by atoms with E-state index in [1.54, 1.807) is 11.3 Å². The lowest BCUT2D eigenvalue weighted by Crippen LogP contribution is -2.46. The summed E-state index contributed by atoms with van der Waals surface area (Å²) >= 11 is 1.69. The first-order chi connectivity index (χ1) is 13.1. The standard InChI is InChI=1S/C21H24N4OS/c1-15-22-13-21(27-15)16-3-4-17-12-23-19(10-18(17)9-16)11-20(26)14-25-7-5-24(2)6-8-25/h3-4,9-10,12-13H,5-8,11,14H2,1-2H3. The maximum atomic E-state index is 12.5. The number of carbonyl (C=O) groups excluding carboxylic acids is 1. The van der Waals surface area contributed by atoms with Crippen LogP contribution in [0.25, 0.3) is 21.2 Å². The van der Waals surface area contributed by atoms with E-state index >= 15 is 0 Å². The Hall–Kier alpha value is -2.15. The van der Waals surface area contributed by atoms with Crippen molar-refractivity contribution in [2.75, 3.05) is 39.8 Å². The predicted molar refractivity (Wildman–Crippen MR) is 110 cm³/mol. The third-order valence-electron chi connectivity index (χ3n) is 5.06. The third kappa shape index (κ3) is 4.40. The highest BCUT2D eigenvalue weighted by molar-refractivity contribution is 7.15. The maximum absolute atomic E-state index is 12.5. The van der Waals surface area contributed by atoms with Gasteiger partial charge in [-0.1, -0.05) is 12.1 Å². The van der Waals surface area contributed by atoms with Gasteiger partial charge in [0.1, 0.15) is 0 Å². The van der Waals surface area contributed by atoms with E-state index < -0.39 is 0 Å². The van der Waals surface area contributed by atoms with E-state index in [-0.39, 0.29) is 5.78 Å². The van der Waals surface area contributed by atoms with Crippen LogP contribution in [0.4, 0.5) is 0 Å². The number of aryl methyl sites for hydroxylation is 1. The van der Waals surface area contributed by atoms with Crippen LogP contribution in [-0.4, -0.2) is 65.3 Å². The highest BCUT2D eigenvalue weighted by Crippen LogP contribution is 2.28. The average Bonchev–Trinajstić information content (AvgIpc) is 3.09. The fraction of sp³-hybridized carbons (Fsp3) is 0.381. The number of rotatable bonds is 5. The molecule has 0 N–H and O–H groups in total. The van der Waals surface area contributed by atoms with Crippen LogP contribution >= 0.6 is 11.3 Å². The molecule has 1 saturated heterocycles. The molecule has 0 radical (unpaired) electrons. The number of benzene rings is 1. The number of carbonyl (C=O) groups is 1. The first-order valence-electron chi connectivity index (χ1n) is 9.31. The van der Waals surface area contributed by atoms with Crippen molar-refractivity contribution in [3.63, 3.8) is 0 Å². The quantitative estimate of drug-likeness (QED) is 0.681. The first kappa shape index (κ1) is 18.2. The van der Waals surface area contributed by atoms with Crippen molar-refractivity contribution in [1.82, 2.24) is 19.8 Å². The highest BCUT2D eigenvalue weighted by atomic mass is 32.1. The fourth-order valence-electron chi connectivity index (χ4n) is 3.44. The van der Waals surface area contributed by atoms with E-state index in [0.29, 0.717) is 13.0 Å². The molecule has 0 bridgehead atoms. The summed E-state index contributed by atoms with van der Waals surface area (Å²) in [5.74, 6) is 0.237. The number of nitrogens with zero attached hydrogens (tertiary/aromatic N) is 4. The smallest absolute Gasteiger partial charge is 0.152 e. The molecule has 1 fully saturated rings. The molecule has 140 valence electrons. The number of hydrogen-bond donors (Lipinski definition) is 0. The van der Waals surface area contributed by atoms with Gasteiger partial charge >= 0.3 is 0 Å². The SMILES string of the molecule is Cc1ncc(-c2ccc3cnc(CC(=O)CN4CCN(C)CC4)cc3c2)s1. The Morgan fingerprint density at radius 3 is 2.63 bits per heavy atom. The summed E-state index contributed by atoms with van der Waals surface area (Å²) < 4.78 is 0. The molecule has 0 saturated carbocycles. The molecule has 3 aromatic rings. The molecule has 27 heavy (non-hydrogen) atoms. The molecule has 5 nitrogen and oxygen atoms in total. The summed E-state index contributed by atoms with van der Waals surface area (Å²) in [4.78, 5) is 27.0. The van der Waals surface area contributed by atoms with Crippen LogP contribution in [0.3, 0.4) is 0 Å². The second-order valence-corrected chi connectivity index (χ2v) is 8.51. The molecular formula is C21H24N4OS. The number of thiazole rings is 1. The van der Waals surface area contributed by atoms with Gasteiger partial charge in [0.15, 0.2) is 5.78 Å². The molecule has 4 rings (SSSR count). The third-order valence-corrected chi connectivity index (χ3v) is 6.02. The zero-order chi connectivity index (χ0) is 18.8. The summed E-state index contributed by atoms with van der Waals surface area (Å²) in [6.45, 7) is 6.52. The lowest BCUT2D eigenvalue weighted by atomic mass is 10.1. The largest absolute Gasteiger partial charge is 0.304 e. The van der Waals surface area contributed by atoms with Crippen LogP contribution in [0.1, 0.15) is 10.7 Å². The number of ketones is 1. The fourth-order valence-corrected chi connectivity index (χ4v) is 4.22. The Labute approximate surface area is 163 Å². The van der Waals surface area contributed by atoms with Crippen molar-refractivity contribution < 1.29 is 4.79 Å². The molecule has 1 aliphatic rings. The molecule has 3 heterocycles. The molecule has 0 aliphatic carbocycles. The molecule has 0 spiro atoms. The normalized spacial score (nSPS) is 16.1.